The van der Waals surface area contributed by atoms with E-state index in [-0.39, 0.29) is 5.91 Å². The zero-order valence-electron chi connectivity index (χ0n) is 18.7. The largest absolute Gasteiger partial charge is 0.493 e. The van der Waals surface area contributed by atoms with E-state index in [2.05, 4.69) is 44.0 Å². The van der Waals surface area contributed by atoms with Gasteiger partial charge in [0.15, 0.2) is 11.5 Å². The maximum atomic E-state index is 12.6. The summed E-state index contributed by atoms with van der Waals surface area (Å²) in [6.07, 6.45) is 1.54. The Hall–Kier alpha value is -3.32. The predicted molar refractivity (Wildman–Crippen MR) is 133 cm³/mol. The molecular formula is C26H26BrN3O3. The van der Waals surface area contributed by atoms with E-state index in [9.17, 15) is 4.79 Å². The van der Waals surface area contributed by atoms with Crippen LogP contribution < -0.4 is 14.8 Å². The summed E-state index contributed by atoms with van der Waals surface area (Å²) in [5.74, 6) is 2.00. The molecule has 0 fully saturated rings. The molecule has 0 aliphatic carbocycles. The number of carbonyl (C=O) groups is 1. The summed E-state index contributed by atoms with van der Waals surface area (Å²) in [7, 11) is 3.13. The first-order valence-electron chi connectivity index (χ1n) is 10.8. The molecule has 1 N–H and O–H groups in total. The molecule has 33 heavy (non-hydrogen) atoms. The summed E-state index contributed by atoms with van der Waals surface area (Å²) >= 11 is 3.56. The van der Waals surface area contributed by atoms with Crippen LogP contribution in [0.1, 0.15) is 28.2 Å². The van der Waals surface area contributed by atoms with Gasteiger partial charge in [-0.2, -0.15) is 0 Å². The third-order valence-electron chi connectivity index (χ3n) is 5.47. The van der Waals surface area contributed by atoms with Crippen LogP contribution >= 0.6 is 15.9 Å². The zero-order chi connectivity index (χ0) is 23.2. The van der Waals surface area contributed by atoms with Crippen LogP contribution in [0.25, 0.3) is 11.0 Å². The van der Waals surface area contributed by atoms with Crippen molar-refractivity contribution in [1.82, 2.24) is 14.9 Å². The Morgan fingerprint density at radius 3 is 2.61 bits per heavy atom. The average molecular weight is 508 g/mol. The van der Waals surface area contributed by atoms with Gasteiger partial charge in [-0.05, 0) is 54.4 Å². The summed E-state index contributed by atoms with van der Waals surface area (Å²) in [6, 6.07) is 21.6. The zero-order valence-corrected chi connectivity index (χ0v) is 20.3. The number of fused-ring (bicyclic) bond motifs is 1. The maximum Gasteiger partial charge on any atom is 0.251 e. The number of imidazole rings is 1. The van der Waals surface area contributed by atoms with Gasteiger partial charge in [0.25, 0.3) is 5.91 Å². The molecule has 1 amide bonds. The number of methoxy groups -OCH3 is 2. The van der Waals surface area contributed by atoms with Crippen LogP contribution in [-0.4, -0.2) is 36.2 Å². The first kappa shape index (κ1) is 22.9. The van der Waals surface area contributed by atoms with E-state index in [0.717, 1.165) is 40.7 Å². The lowest BCUT2D eigenvalue weighted by Gasteiger charge is -2.11. The third kappa shape index (κ3) is 5.37. The topological polar surface area (TPSA) is 65.4 Å². The first-order chi connectivity index (χ1) is 16.1. The van der Waals surface area contributed by atoms with Gasteiger partial charge in [-0.1, -0.05) is 40.2 Å². The summed E-state index contributed by atoms with van der Waals surface area (Å²) in [5.41, 5.74) is 3.84. The number of carbonyl (C=O) groups excluding carboxylic acids is 1. The van der Waals surface area contributed by atoms with Gasteiger partial charge >= 0.3 is 0 Å². The molecule has 4 aromatic rings. The van der Waals surface area contributed by atoms with Gasteiger partial charge in [-0.3, -0.25) is 4.79 Å². The van der Waals surface area contributed by atoms with Crippen molar-refractivity contribution in [3.63, 3.8) is 0 Å². The molecule has 0 atom stereocenters. The molecule has 0 spiro atoms. The molecule has 6 nitrogen and oxygen atoms in total. The minimum atomic E-state index is -0.140. The van der Waals surface area contributed by atoms with E-state index < -0.39 is 0 Å². The summed E-state index contributed by atoms with van der Waals surface area (Å²) in [4.78, 5) is 17.4. The van der Waals surface area contributed by atoms with Crippen LogP contribution in [0.3, 0.4) is 0 Å². The maximum absolute atomic E-state index is 12.6. The van der Waals surface area contributed by atoms with Crippen LogP contribution in [0, 0.1) is 0 Å². The highest BCUT2D eigenvalue weighted by molar-refractivity contribution is 9.10. The highest BCUT2D eigenvalue weighted by atomic mass is 79.9. The molecule has 0 radical (unpaired) electrons. The van der Waals surface area contributed by atoms with Crippen molar-refractivity contribution < 1.29 is 14.3 Å². The van der Waals surface area contributed by atoms with E-state index in [1.54, 1.807) is 32.4 Å². The Morgan fingerprint density at radius 1 is 1.00 bits per heavy atom. The highest BCUT2D eigenvalue weighted by Crippen LogP contribution is 2.27. The quantitative estimate of drug-likeness (QED) is 0.315. The lowest BCUT2D eigenvalue weighted by molar-refractivity contribution is 0.0952. The number of hydrogen-bond acceptors (Lipinski definition) is 4. The normalized spacial score (nSPS) is 10.9. The lowest BCUT2D eigenvalue weighted by atomic mass is 10.2. The molecular weight excluding hydrogens is 482 g/mol. The van der Waals surface area contributed by atoms with Crippen molar-refractivity contribution in [3.05, 3.63) is 88.2 Å². The molecule has 0 aliphatic rings. The number of para-hydroxylation sites is 2. The van der Waals surface area contributed by atoms with Crippen molar-refractivity contribution in [2.75, 3.05) is 20.8 Å². The van der Waals surface area contributed by atoms with Gasteiger partial charge < -0.3 is 19.4 Å². The average Bonchev–Trinajstić information content (AvgIpc) is 3.18. The minimum Gasteiger partial charge on any atom is -0.493 e. The second-order valence-corrected chi connectivity index (χ2v) is 8.58. The Labute approximate surface area is 201 Å². The Balaban J connectivity index is 1.43. The van der Waals surface area contributed by atoms with Crippen LogP contribution in [0.4, 0.5) is 0 Å². The van der Waals surface area contributed by atoms with Crippen molar-refractivity contribution in [3.8, 4) is 11.5 Å². The molecule has 0 saturated heterocycles. The van der Waals surface area contributed by atoms with Gasteiger partial charge in [0.2, 0.25) is 0 Å². The van der Waals surface area contributed by atoms with Crippen LogP contribution in [0.5, 0.6) is 11.5 Å². The third-order valence-corrected chi connectivity index (χ3v) is 5.97. The molecule has 4 rings (SSSR count). The fraction of sp³-hybridized carbons (Fsp3) is 0.231. The molecule has 0 unspecified atom stereocenters. The standard InChI is InChI=1S/C26H26BrN3O3/c1-32-23-13-12-19(16-24(23)33-2)26(31)28-14-6-11-25-29-21-9-3-4-10-22(21)30(25)17-18-7-5-8-20(27)15-18/h3-5,7-10,12-13,15-16H,6,11,14,17H2,1-2H3,(H,28,31). The fourth-order valence-corrected chi connectivity index (χ4v) is 4.29. The number of aryl methyl sites for hydroxylation is 1. The molecule has 0 bridgehead atoms. The Kier molecular flexibility index (Phi) is 7.29. The van der Waals surface area contributed by atoms with Crippen molar-refractivity contribution >= 4 is 32.9 Å². The molecule has 7 heteroatoms. The van der Waals surface area contributed by atoms with Gasteiger partial charge in [-0.25, -0.2) is 4.98 Å². The number of ether oxygens (including phenoxy) is 2. The Morgan fingerprint density at radius 2 is 1.82 bits per heavy atom. The lowest BCUT2D eigenvalue weighted by Crippen LogP contribution is -2.25. The second-order valence-electron chi connectivity index (χ2n) is 7.66. The van der Waals surface area contributed by atoms with E-state index in [1.165, 1.54) is 5.56 Å². The van der Waals surface area contributed by atoms with Crippen LogP contribution in [0.2, 0.25) is 0 Å². The smallest absolute Gasteiger partial charge is 0.251 e. The van der Waals surface area contributed by atoms with E-state index in [0.29, 0.717) is 23.6 Å². The molecule has 170 valence electrons. The molecule has 0 saturated carbocycles. The molecule has 1 heterocycles. The summed E-state index contributed by atoms with van der Waals surface area (Å²) < 4.78 is 13.8. The van der Waals surface area contributed by atoms with Gasteiger partial charge in [-0.15, -0.1) is 0 Å². The van der Waals surface area contributed by atoms with Crippen molar-refractivity contribution in [2.45, 2.75) is 19.4 Å². The van der Waals surface area contributed by atoms with Crippen LogP contribution in [-0.2, 0) is 13.0 Å². The summed E-state index contributed by atoms with van der Waals surface area (Å²) in [5, 5.41) is 2.99. The number of aromatic nitrogens is 2. The number of benzene rings is 3. The summed E-state index contributed by atoms with van der Waals surface area (Å²) in [6.45, 7) is 1.29. The highest BCUT2D eigenvalue weighted by Gasteiger charge is 2.13. The van der Waals surface area contributed by atoms with E-state index in [4.69, 9.17) is 14.5 Å². The number of amides is 1. The first-order valence-corrected chi connectivity index (χ1v) is 11.6. The monoisotopic (exact) mass is 507 g/mol. The van der Waals surface area contributed by atoms with Crippen molar-refractivity contribution in [2.24, 2.45) is 0 Å². The van der Waals surface area contributed by atoms with Crippen molar-refractivity contribution in [1.29, 1.82) is 0 Å². The van der Waals surface area contributed by atoms with E-state index in [1.807, 2.05) is 30.3 Å². The molecule has 1 aromatic heterocycles. The fourth-order valence-electron chi connectivity index (χ4n) is 3.84. The number of halogens is 1. The van der Waals surface area contributed by atoms with Gasteiger partial charge in [0.1, 0.15) is 5.82 Å². The minimum absolute atomic E-state index is 0.140. The second kappa shape index (κ2) is 10.5. The Bertz CT molecular complexity index is 1270. The number of hydrogen-bond donors (Lipinski definition) is 1. The van der Waals surface area contributed by atoms with Gasteiger partial charge in [0.05, 0.1) is 25.3 Å². The number of nitrogens with zero attached hydrogens (tertiary/aromatic N) is 2. The molecule has 0 aliphatic heterocycles. The van der Waals surface area contributed by atoms with Gasteiger partial charge in [0, 0.05) is 29.5 Å². The predicted octanol–water partition coefficient (Wildman–Crippen LogP) is 5.23. The van der Waals surface area contributed by atoms with Crippen LogP contribution in [0.15, 0.2) is 71.2 Å². The number of rotatable bonds is 9. The number of nitrogens with one attached hydrogen (secondary N) is 1. The SMILES string of the molecule is COc1ccc(C(=O)NCCCc2nc3ccccc3n2Cc2cccc(Br)c2)cc1OC. The molecule has 3 aromatic carbocycles. The van der Waals surface area contributed by atoms with E-state index >= 15 is 0 Å².